The van der Waals surface area contributed by atoms with Crippen LogP contribution in [0.5, 0.6) is 11.5 Å². The summed E-state index contributed by atoms with van der Waals surface area (Å²) >= 11 is 5.86. The summed E-state index contributed by atoms with van der Waals surface area (Å²) in [6, 6.07) is 19.6. The van der Waals surface area contributed by atoms with Crippen molar-refractivity contribution in [3.63, 3.8) is 0 Å². The highest BCUT2D eigenvalue weighted by molar-refractivity contribution is 6.31. The third-order valence-corrected chi connectivity index (χ3v) is 5.29. The molecule has 35 heavy (non-hydrogen) atoms. The zero-order valence-electron chi connectivity index (χ0n) is 18.3. The quantitative estimate of drug-likeness (QED) is 0.154. The average Bonchev–Trinajstić information content (AvgIpc) is 3.14. The number of nitro benzene ring substituents is 1. The van der Waals surface area contributed by atoms with Gasteiger partial charge in [0.25, 0.3) is 17.5 Å². The van der Waals surface area contributed by atoms with Crippen LogP contribution in [-0.2, 0) is 9.59 Å². The highest BCUT2D eigenvalue weighted by Crippen LogP contribution is 2.29. The normalized spacial score (nSPS) is 14.2. The van der Waals surface area contributed by atoms with Crippen LogP contribution in [0.4, 0.5) is 11.4 Å². The first-order valence-corrected chi connectivity index (χ1v) is 11.0. The summed E-state index contributed by atoms with van der Waals surface area (Å²) < 4.78 is 11.4. The Morgan fingerprint density at radius 1 is 0.971 bits per heavy atom. The summed E-state index contributed by atoms with van der Waals surface area (Å²) in [6.45, 7) is 0.621. The number of hydrogen-bond acceptors (Lipinski definition) is 6. The van der Waals surface area contributed by atoms with Crippen molar-refractivity contribution in [2.75, 3.05) is 18.2 Å². The number of amides is 2. The van der Waals surface area contributed by atoms with Crippen LogP contribution in [-0.4, -0.2) is 30.0 Å². The number of nitrogens with one attached hydrogen (secondary N) is 1. The lowest BCUT2D eigenvalue weighted by Gasteiger charge is -2.14. The number of hydrogen-bond donors (Lipinski definition) is 1. The van der Waals surface area contributed by atoms with E-state index in [1.807, 2.05) is 0 Å². The van der Waals surface area contributed by atoms with Crippen LogP contribution < -0.4 is 19.9 Å². The number of nitro groups is 1. The topological polar surface area (TPSA) is 111 Å². The van der Waals surface area contributed by atoms with Gasteiger partial charge in [-0.25, -0.2) is 5.01 Å². The number of hydrazine groups is 1. The highest BCUT2D eigenvalue weighted by atomic mass is 35.5. The lowest BCUT2D eigenvalue weighted by atomic mass is 10.1. The lowest BCUT2D eigenvalue weighted by molar-refractivity contribution is -0.384. The molecule has 1 aliphatic rings. The van der Waals surface area contributed by atoms with E-state index in [0.29, 0.717) is 35.2 Å². The number of anilines is 1. The Kier molecular flexibility index (Phi) is 7.27. The Balaban J connectivity index is 1.48. The lowest BCUT2D eigenvalue weighted by Crippen LogP contribution is -2.35. The molecule has 0 unspecified atom stereocenters. The smallest absolute Gasteiger partial charge is 0.282 e. The number of non-ortho nitro benzene ring substituents is 1. The van der Waals surface area contributed by atoms with E-state index in [4.69, 9.17) is 21.1 Å². The van der Waals surface area contributed by atoms with Crippen LogP contribution in [0.2, 0.25) is 5.02 Å². The van der Waals surface area contributed by atoms with Crippen LogP contribution >= 0.6 is 11.6 Å². The van der Waals surface area contributed by atoms with Gasteiger partial charge in [-0.15, -0.1) is 0 Å². The van der Waals surface area contributed by atoms with Crippen molar-refractivity contribution in [2.45, 2.75) is 6.42 Å². The van der Waals surface area contributed by atoms with Gasteiger partial charge in [-0.3, -0.25) is 25.1 Å². The molecule has 0 bridgehead atoms. The molecule has 1 fully saturated rings. The largest absolute Gasteiger partial charge is 0.493 e. The number of nitrogens with zero attached hydrogens (tertiary/aromatic N) is 2. The first-order valence-electron chi connectivity index (χ1n) is 10.6. The number of carbonyl (C=O) groups excluding carboxylic acids is 2. The van der Waals surface area contributed by atoms with Gasteiger partial charge in [-0.05, 0) is 48.5 Å². The molecule has 3 aromatic carbocycles. The van der Waals surface area contributed by atoms with Crippen molar-refractivity contribution in [2.24, 2.45) is 0 Å². The predicted octanol–water partition coefficient (Wildman–Crippen LogP) is 4.56. The SMILES string of the molecule is O=C1NN(c2ccccc2)C(=O)C1=Cc1cc([N+](=O)[O-])ccc1OCCCOc1ccc(Cl)cc1. The Morgan fingerprint density at radius 2 is 1.69 bits per heavy atom. The molecular weight excluding hydrogens is 474 g/mol. The van der Waals surface area contributed by atoms with Gasteiger partial charge in [0.1, 0.15) is 17.1 Å². The fraction of sp³-hybridized carbons (Fsp3) is 0.120. The molecule has 0 atom stereocenters. The molecule has 4 rings (SSSR count). The average molecular weight is 494 g/mol. The Labute approximate surface area is 205 Å². The van der Waals surface area contributed by atoms with Crippen LogP contribution in [0.15, 0.2) is 78.4 Å². The third-order valence-electron chi connectivity index (χ3n) is 5.04. The van der Waals surface area contributed by atoms with Gasteiger partial charge in [0, 0.05) is 29.1 Å². The number of ether oxygens (including phenoxy) is 2. The summed E-state index contributed by atoms with van der Waals surface area (Å²) in [5.74, 6) is -0.222. The molecule has 1 N–H and O–H groups in total. The Hall–Kier alpha value is -4.37. The maximum Gasteiger partial charge on any atom is 0.282 e. The minimum atomic E-state index is -0.618. The standard InChI is InChI=1S/C25H20ClN3O6/c26-18-7-10-21(11-8-18)34-13-4-14-35-23-12-9-20(29(32)33)15-17(23)16-22-24(30)27-28(25(22)31)19-5-2-1-3-6-19/h1-3,5-12,15-16H,4,13-14H2,(H,27,30). The molecule has 3 aromatic rings. The van der Waals surface area contributed by atoms with E-state index in [0.717, 1.165) is 5.01 Å². The molecule has 0 aliphatic carbocycles. The van der Waals surface area contributed by atoms with E-state index >= 15 is 0 Å². The van der Waals surface area contributed by atoms with Gasteiger partial charge in [0.05, 0.1) is 23.8 Å². The fourth-order valence-electron chi connectivity index (χ4n) is 3.33. The van der Waals surface area contributed by atoms with E-state index in [1.165, 1.54) is 24.3 Å². The van der Waals surface area contributed by atoms with E-state index in [9.17, 15) is 19.7 Å². The van der Waals surface area contributed by atoms with Gasteiger partial charge in [0.2, 0.25) is 0 Å². The molecule has 178 valence electrons. The van der Waals surface area contributed by atoms with Crippen LogP contribution in [0.1, 0.15) is 12.0 Å². The number of para-hydroxylation sites is 1. The van der Waals surface area contributed by atoms with Crippen LogP contribution in [0, 0.1) is 10.1 Å². The number of benzene rings is 3. The second kappa shape index (κ2) is 10.7. The zero-order valence-corrected chi connectivity index (χ0v) is 19.1. The fourth-order valence-corrected chi connectivity index (χ4v) is 3.45. The molecule has 0 saturated carbocycles. The summed E-state index contributed by atoms with van der Waals surface area (Å²) in [7, 11) is 0. The first-order chi connectivity index (χ1) is 16.9. The van der Waals surface area contributed by atoms with E-state index in [1.54, 1.807) is 54.6 Å². The molecular formula is C25H20ClN3O6. The van der Waals surface area contributed by atoms with Gasteiger partial charge < -0.3 is 9.47 Å². The second-order valence-electron chi connectivity index (χ2n) is 7.46. The van der Waals surface area contributed by atoms with Crippen molar-refractivity contribution < 1.29 is 24.0 Å². The van der Waals surface area contributed by atoms with Gasteiger partial charge in [-0.1, -0.05) is 29.8 Å². The maximum atomic E-state index is 12.9. The van der Waals surface area contributed by atoms with E-state index in [-0.39, 0.29) is 23.4 Å². The van der Waals surface area contributed by atoms with Gasteiger partial charge in [-0.2, -0.15) is 0 Å². The second-order valence-corrected chi connectivity index (χ2v) is 7.90. The number of carbonyl (C=O) groups is 2. The molecule has 0 radical (unpaired) electrons. The van der Waals surface area contributed by atoms with Crippen molar-refractivity contribution in [3.8, 4) is 11.5 Å². The van der Waals surface area contributed by atoms with Crippen LogP contribution in [0.3, 0.4) is 0 Å². The molecule has 9 nitrogen and oxygen atoms in total. The van der Waals surface area contributed by atoms with Crippen molar-refractivity contribution in [1.82, 2.24) is 5.43 Å². The molecule has 0 spiro atoms. The van der Waals surface area contributed by atoms with Gasteiger partial charge in [0.15, 0.2) is 0 Å². The van der Waals surface area contributed by atoms with Crippen molar-refractivity contribution in [1.29, 1.82) is 0 Å². The predicted molar refractivity (Wildman–Crippen MR) is 130 cm³/mol. The molecule has 2 amide bonds. The minimum Gasteiger partial charge on any atom is -0.493 e. The summed E-state index contributed by atoms with van der Waals surface area (Å²) in [4.78, 5) is 36.1. The van der Waals surface area contributed by atoms with Crippen LogP contribution in [0.25, 0.3) is 6.08 Å². The molecule has 1 heterocycles. The Morgan fingerprint density at radius 3 is 2.40 bits per heavy atom. The summed E-state index contributed by atoms with van der Waals surface area (Å²) in [5.41, 5.74) is 2.88. The number of rotatable bonds is 9. The monoisotopic (exact) mass is 493 g/mol. The molecule has 0 aromatic heterocycles. The van der Waals surface area contributed by atoms with Crippen molar-refractivity contribution >= 4 is 40.9 Å². The molecule has 1 aliphatic heterocycles. The summed E-state index contributed by atoms with van der Waals surface area (Å²) in [6.07, 6.45) is 1.82. The first kappa shape index (κ1) is 23.8. The number of halogens is 1. The third kappa shape index (κ3) is 5.77. The molecule has 10 heteroatoms. The zero-order chi connectivity index (χ0) is 24.8. The minimum absolute atomic E-state index is 0.162. The molecule has 1 saturated heterocycles. The van der Waals surface area contributed by atoms with E-state index in [2.05, 4.69) is 5.43 Å². The highest BCUT2D eigenvalue weighted by Gasteiger charge is 2.34. The van der Waals surface area contributed by atoms with Gasteiger partial charge >= 0.3 is 0 Å². The van der Waals surface area contributed by atoms with E-state index < -0.39 is 16.7 Å². The summed E-state index contributed by atoms with van der Waals surface area (Å²) in [5, 5.41) is 13.0. The maximum absolute atomic E-state index is 12.9. The van der Waals surface area contributed by atoms with Crippen molar-refractivity contribution in [3.05, 3.63) is 99.1 Å². The Bertz CT molecular complexity index is 1280.